The molecule has 0 saturated carbocycles. The lowest BCUT2D eigenvalue weighted by Crippen LogP contribution is -2.15. The molecule has 0 aliphatic rings. The van der Waals surface area contributed by atoms with Crippen LogP contribution in [0.4, 0.5) is 0 Å². The van der Waals surface area contributed by atoms with E-state index >= 15 is 0 Å². The monoisotopic (exact) mass is 408 g/mol. The molecule has 1 atom stereocenters. The van der Waals surface area contributed by atoms with Crippen molar-refractivity contribution in [3.05, 3.63) is 24.8 Å². The first-order valence-corrected chi connectivity index (χ1v) is 10.2. The zero-order valence-electron chi connectivity index (χ0n) is 12.2. The first-order chi connectivity index (χ1) is 10.7. The summed E-state index contributed by atoms with van der Waals surface area (Å²) in [5.41, 5.74) is 0. The molecule has 12 nitrogen and oxygen atoms in total. The summed E-state index contributed by atoms with van der Waals surface area (Å²) in [6, 6.07) is 0. The molecule has 0 radical (unpaired) electrons. The van der Waals surface area contributed by atoms with Gasteiger partial charge in [-0.2, -0.15) is 25.3 Å². The first kappa shape index (κ1) is 22.6. The van der Waals surface area contributed by atoms with Crippen molar-refractivity contribution >= 4 is 37.1 Å². The van der Waals surface area contributed by atoms with Crippen LogP contribution in [0, 0.1) is 0 Å². The molecule has 3 N–H and O–H groups in total. The van der Waals surface area contributed by atoms with Crippen molar-refractivity contribution < 1.29 is 42.5 Å². The van der Waals surface area contributed by atoms with Gasteiger partial charge in [0, 0.05) is 18.6 Å². The summed E-state index contributed by atoms with van der Waals surface area (Å²) in [6.07, 6.45) is 5.51. The standard InChI is InChI=1S/C9H14N2O3S.H2O7S2/c1-3-5-8(15(12,13)14)9-10-6-7-11(9)4-2;1-8(2,3)7-9(4,5)6/h4,6-8H,2-3,5H2,1H3,(H,12,13,14);(H,1,2,3)(H,4,5,6). The lowest BCUT2D eigenvalue weighted by molar-refractivity contribution is 0.344. The lowest BCUT2D eigenvalue weighted by atomic mass is 10.2. The van der Waals surface area contributed by atoms with Crippen molar-refractivity contribution in [3.63, 3.8) is 0 Å². The normalized spacial score (nSPS) is 13.7. The number of rotatable bonds is 7. The van der Waals surface area contributed by atoms with E-state index < -0.39 is 36.2 Å². The van der Waals surface area contributed by atoms with Crippen LogP contribution in [-0.4, -0.2) is 48.5 Å². The molecule has 0 amide bonds. The van der Waals surface area contributed by atoms with Gasteiger partial charge in [-0.3, -0.25) is 13.7 Å². The van der Waals surface area contributed by atoms with Gasteiger partial charge in [0.05, 0.1) is 0 Å². The predicted octanol–water partition coefficient (Wildman–Crippen LogP) is 0.321. The summed E-state index contributed by atoms with van der Waals surface area (Å²) in [4.78, 5) is 3.92. The molecule has 24 heavy (non-hydrogen) atoms. The summed E-state index contributed by atoms with van der Waals surface area (Å²) >= 11 is 0. The van der Waals surface area contributed by atoms with Gasteiger partial charge in [0.2, 0.25) is 0 Å². The molecule has 1 heterocycles. The largest absolute Gasteiger partial charge is 0.413 e. The van der Waals surface area contributed by atoms with Crippen LogP contribution in [0.5, 0.6) is 0 Å². The number of hydrogen-bond donors (Lipinski definition) is 3. The van der Waals surface area contributed by atoms with Crippen LogP contribution in [0.25, 0.3) is 6.20 Å². The van der Waals surface area contributed by atoms with Crippen molar-refractivity contribution in [1.82, 2.24) is 9.55 Å². The molecule has 0 aliphatic heterocycles. The predicted molar refractivity (Wildman–Crippen MR) is 82.0 cm³/mol. The van der Waals surface area contributed by atoms with Gasteiger partial charge in [0.15, 0.2) is 0 Å². The Morgan fingerprint density at radius 3 is 2.00 bits per heavy atom. The van der Waals surface area contributed by atoms with Gasteiger partial charge in [-0.1, -0.05) is 19.9 Å². The maximum atomic E-state index is 11.2. The minimum atomic E-state index is -5.12. The van der Waals surface area contributed by atoms with E-state index in [0.717, 1.165) is 0 Å². The Morgan fingerprint density at radius 2 is 1.71 bits per heavy atom. The topological polar surface area (TPSA) is 190 Å². The highest BCUT2D eigenvalue weighted by molar-refractivity contribution is 7.94. The fourth-order valence-corrected chi connectivity index (χ4v) is 3.36. The number of aromatic nitrogens is 2. The van der Waals surface area contributed by atoms with Crippen molar-refractivity contribution in [2.75, 3.05) is 0 Å². The van der Waals surface area contributed by atoms with Crippen LogP contribution in [0.1, 0.15) is 30.8 Å². The first-order valence-electron chi connectivity index (χ1n) is 5.98. The Balaban J connectivity index is 0.000000506. The molecule has 0 bridgehead atoms. The molecule has 0 fully saturated rings. The van der Waals surface area contributed by atoms with Crippen molar-refractivity contribution in [1.29, 1.82) is 0 Å². The van der Waals surface area contributed by atoms with Crippen molar-refractivity contribution in [2.45, 2.75) is 25.0 Å². The third-order valence-corrected chi connectivity index (χ3v) is 4.81. The van der Waals surface area contributed by atoms with Gasteiger partial charge in [-0.05, 0) is 6.42 Å². The van der Waals surface area contributed by atoms with Crippen molar-refractivity contribution in [2.24, 2.45) is 0 Å². The summed E-state index contributed by atoms with van der Waals surface area (Å²) in [5, 5.41) is -0.976. The molecule has 0 spiro atoms. The highest BCUT2D eigenvalue weighted by atomic mass is 32.3. The summed E-state index contributed by atoms with van der Waals surface area (Å²) in [7, 11) is -14.4. The molecule has 0 aliphatic carbocycles. The molecule has 140 valence electrons. The molecular weight excluding hydrogens is 392 g/mol. The molecule has 0 saturated heterocycles. The van der Waals surface area contributed by atoms with Gasteiger partial charge >= 0.3 is 20.8 Å². The second-order valence-corrected chi connectivity index (χ2v) is 7.95. The fraction of sp³-hybridized carbons (Fsp3) is 0.444. The van der Waals surface area contributed by atoms with Gasteiger partial charge in [0.1, 0.15) is 11.1 Å². The van der Waals surface area contributed by atoms with Gasteiger partial charge in [-0.25, -0.2) is 4.98 Å². The average molecular weight is 408 g/mol. The highest BCUT2D eigenvalue weighted by Gasteiger charge is 2.27. The molecule has 1 aromatic rings. The Bertz CT molecular complexity index is 823. The van der Waals surface area contributed by atoms with Crippen LogP contribution < -0.4 is 0 Å². The van der Waals surface area contributed by atoms with Gasteiger partial charge in [0.25, 0.3) is 10.1 Å². The highest BCUT2D eigenvalue weighted by Crippen LogP contribution is 2.25. The summed E-state index contributed by atoms with van der Waals surface area (Å²) in [6.45, 7) is 5.38. The van der Waals surface area contributed by atoms with E-state index in [1.165, 1.54) is 17.0 Å². The zero-order chi connectivity index (χ0) is 19.2. The Labute approximate surface area is 139 Å². The lowest BCUT2D eigenvalue weighted by Gasteiger charge is -2.12. The third kappa shape index (κ3) is 9.06. The second-order valence-electron chi connectivity index (χ2n) is 4.09. The van der Waals surface area contributed by atoms with E-state index in [9.17, 15) is 25.3 Å². The maximum absolute atomic E-state index is 11.2. The molecule has 15 heteroatoms. The number of imidazole rings is 1. The van der Waals surface area contributed by atoms with E-state index in [1.54, 1.807) is 6.20 Å². The number of nitrogens with zero attached hydrogens (tertiary/aromatic N) is 2. The minimum Gasteiger partial charge on any atom is -0.310 e. The molecule has 1 unspecified atom stereocenters. The smallest absolute Gasteiger partial charge is 0.310 e. The van der Waals surface area contributed by atoms with Crippen LogP contribution in [0.3, 0.4) is 0 Å². The number of hydrogen-bond acceptors (Lipinski definition) is 8. The van der Waals surface area contributed by atoms with Crippen LogP contribution in [-0.2, 0) is 34.5 Å². The second kappa shape index (κ2) is 8.65. The average Bonchev–Trinajstić information content (AvgIpc) is 2.78. The Hall–Kier alpha value is -1.36. The quantitative estimate of drug-likeness (QED) is 0.526. The minimum absolute atomic E-state index is 0.300. The van der Waals surface area contributed by atoms with E-state index in [2.05, 4.69) is 15.2 Å². The Kier molecular flexibility index (Phi) is 8.16. The molecule has 1 rings (SSSR count). The van der Waals surface area contributed by atoms with Crippen LogP contribution >= 0.6 is 0 Å². The van der Waals surface area contributed by atoms with Crippen LogP contribution in [0.2, 0.25) is 0 Å². The zero-order valence-corrected chi connectivity index (χ0v) is 14.7. The molecular formula is C9H16N2O10S3. The van der Waals surface area contributed by atoms with Gasteiger partial charge < -0.3 is 4.57 Å². The van der Waals surface area contributed by atoms with E-state index in [0.29, 0.717) is 18.7 Å². The van der Waals surface area contributed by atoms with Crippen molar-refractivity contribution in [3.8, 4) is 0 Å². The fourth-order valence-electron chi connectivity index (χ4n) is 1.51. The van der Waals surface area contributed by atoms with Gasteiger partial charge in [-0.15, -0.1) is 3.63 Å². The maximum Gasteiger partial charge on any atom is 0.413 e. The van der Waals surface area contributed by atoms with Crippen LogP contribution in [0.15, 0.2) is 19.0 Å². The van der Waals surface area contributed by atoms with E-state index in [4.69, 9.17) is 13.7 Å². The molecule has 1 aromatic heterocycles. The summed E-state index contributed by atoms with van der Waals surface area (Å²) in [5.74, 6) is 0.300. The molecule has 0 aromatic carbocycles. The van der Waals surface area contributed by atoms with E-state index in [-0.39, 0.29) is 0 Å². The third-order valence-electron chi connectivity index (χ3n) is 2.27. The SMILES string of the molecule is C=Cn1ccnc1C(CCC)S(=O)(=O)O.O=S(=O)(O)OS(=O)(=O)O. The summed E-state index contributed by atoms with van der Waals surface area (Å²) < 4.78 is 88.5. The Morgan fingerprint density at radius 1 is 1.21 bits per heavy atom. The van der Waals surface area contributed by atoms with E-state index in [1.807, 2.05) is 6.92 Å².